The lowest BCUT2D eigenvalue weighted by atomic mass is 10.2. The number of carbonyl (C=O) groups excluding carboxylic acids is 2. The summed E-state index contributed by atoms with van der Waals surface area (Å²) >= 11 is 0. The van der Waals surface area contributed by atoms with E-state index in [2.05, 4.69) is 29.3 Å². The van der Waals surface area contributed by atoms with Crippen molar-refractivity contribution < 1.29 is 14.3 Å². The van der Waals surface area contributed by atoms with Crippen LogP contribution in [-0.2, 0) is 16.1 Å². The highest BCUT2D eigenvalue weighted by Crippen LogP contribution is 2.37. The molecule has 0 radical (unpaired) electrons. The summed E-state index contributed by atoms with van der Waals surface area (Å²) in [4.78, 5) is 28.6. The Labute approximate surface area is 161 Å². The fraction of sp³-hybridized carbons (Fsp3) is 0.619. The normalized spacial score (nSPS) is 22.8. The lowest BCUT2D eigenvalue weighted by molar-refractivity contribution is -0.131. The summed E-state index contributed by atoms with van der Waals surface area (Å²) in [6, 6.07) is 8.16. The monoisotopic (exact) mass is 373 g/mol. The van der Waals surface area contributed by atoms with E-state index in [4.69, 9.17) is 4.74 Å². The first-order chi connectivity index (χ1) is 13.1. The van der Waals surface area contributed by atoms with Crippen molar-refractivity contribution in [1.29, 1.82) is 0 Å². The zero-order chi connectivity index (χ0) is 19.2. The first kappa shape index (κ1) is 19.7. The second-order valence-corrected chi connectivity index (χ2v) is 7.72. The van der Waals surface area contributed by atoms with E-state index in [1.54, 1.807) is 7.11 Å². The number of hydrogen-bond donors (Lipinski definition) is 1. The van der Waals surface area contributed by atoms with Gasteiger partial charge in [0.05, 0.1) is 7.11 Å². The third kappa shape index (κ3) is 5.70. The molecule has 1 heterocycles. The smallest absolute Gasteiger partial charge is 0.224 e. The van der Waals surface area contributed by atoms with Gasteiger partial charge in [-0.15, -0.1) is 0 Å². The predicted octanol–water partition coefficient (Wildman–Crippen LogP) is 1.89. The SMILES string of the molecule is COc1ccc(CN2CCCN(C(=O)CCNC(=O)C3CC3C)CC2)cc1. The van der Waals surface area contributed by atoms with Gasteiger partial charge in [-0.25, -0.2) is 0 Å². The van der Waals surface area contributed by atoms with Gasteiger partial charge < -0.3 is 15.0 Å². The molecule has 2 atom stereocenters. The van der Waals surface area contributed by atoms with E-state index in [1.165, 1.54) is 5.56 Å². The van der Waals surface area contributed by atoms with Crippen molar-refractivity contribution in [2.24, 2.45) is 11.8 Å². The molecule has 6 nitrogen and oxygen atoms in total. The molecule has 1 N–H and O–H groups in total. The molecule has 148 valence electrons. The number of benzene rings is 1. The number of amides is 2. The first-order valence-electron chi connectivity index (χ1n) is 9.97. The Bertz CT molecular complexity index is 647. The van der Waals surface area contributed by atoms with Crippen LogP contribution in [0.15, 0.2) is 24.3 Å². The van der Waals surface area contributed by atoms with Gasteiger partial charge in [0, 0.05) is 51.6 Å². The van der Waals surface area contributed by atoms with Crippen LogP contribution in [0, 0.1) is 11.8 Å². The Kier molecular flexibility index (Phi) is 6.72. The van der Waals surface area contributed by atoms with Crippen LogP contribution >= 0.6 is 0 Å². The minimum Gasteiger partial charge on any atom is -0.497 e. The van der Waals surface area contributed by atoms with Crippen molar-refractivity contribution in [3.05, 3.63) is 29.8 Å². The summed E-state index contributed by atoms with van der Waals surface area (Å²) in [6.07, 6.45) is 2.36. The molecule has 6 heteroatoms. The van der Waals surface area contributed by atoms with Gasteiger partial charge in [-0.2, -0.15) is 0 Å². The second kappa shape index (κ2) is 9.22. The van der Waals surface area contributed by atoms with E-state index in [0.717, 1.165) is 51.3 Å². The van der Waals surface area contributed by atoms with Crippen molar-refractivity contribution in [1.82, 2.24) is 15.1 Å². The van der Waals surface area contributed by atoms with E-state index in [1.807, 2.05) is 17.0 Å². The van der Waals surface area contributed by atoms with Crippen molar-refractivity contribution in [2.45, 2.75) is 32.7 Å². The fourth-order valence-electron chi connectivity index (χ4n) is 3.64. The van der Waals surface area contributed by atoms with Crippen LogP contribution in [0.4, 0.5) is 0 Å². The number of carbonyl (C=O) groups is 2. The molecule has 2 amide bonds. The fourth-order valence-corrected chi connectivity index (χ4v) is 3.64. The first-order valence-corrected chi connectivity index (χ1v) is 9.97. The highest BCUT2D eigenvalue weighted by Gasteiger charge is 2.38. The van der Waals surface area contributed by atoms with Crippen molar-refractivity contribution in [2.75, 3.05) is 39.8 Å². The maximum atomic E-state index is 12.5. The zero-order valence-electron chi connectivity index (χ0n) is 16.4. The van der Waals surface area contributed by atoms with Crippen LogP contribution in [0.2, 0.25) is 0 Å². The summed E-state index contributed by atoms with van der Waals surface area (Å²) in [5.41, 5.74) is 1.26. The Morgan fingerprint density at radius 2 is 1.89 bits per heavy atom. The molecule has 2 unspecified atom stereocenters. The van der Waals surface area contributed by atoms with E-state index >= 15 is 0 Å². The minimum absolute atomic E-state index is 0.108. The van der Waals surface area contributed by atoms with Crippen LogP contribution < -0.4 is 10.1 Å². The number of nitrogens with zero attached hydrogens (tertiary/aromatic N) is 2. The summed E-state index contributed by atoms with van der Waals surface area (Å²) < 4.78 is 5.20. The lowest BCUT2D eigenvalue weighted by Crippen LogP contribution is -2.37. The van der Waals surface area contributed by atoms with Gasteiger partial charge in [-0.1, -0.05) is 19.1 Å². The van der Waals surface area contributed by atoms with Gasteiger partial charge in [0.2, 0.25) is 11.8 Å². The van der Waals surface area contributed by atoms with Crippen molar-refractivity contribution in [3.63, 3.8) is 0 Å². The molecule has 1 aliphatic carbocycles. The van der Waals surface area contributed by atoms with E-state index < -0.39 is 0 Å². The second-order valence-electron chi connectivity index (χ2n) is 7.72. The molecule has 1 saturated carbocycles. The van der Waals surface area contributed by atoms with Crippen molar-refractivity contribution in [3.8, 4) is 5.75 Å². The average Bonchev–Trinajstić information content (AvgIpc) is 3.44. The molecular formula is C21H31N3O3. The third-order valence-electron chi connectivity index (χ3n) is 5.59. The third-order valence-corrected chi connectivity index (χ3v) is 5.59. The van der Waals surface area contributed by atoms with Gasteiger partial charge in [-0.05, 0) is 36.5 Å². The lowest BCUT2D eigenvalue weighted by Gasteiger charge is -2.22. The molecule has 0 aromatic heterocycles. The van der Waals surface area contributed by atoms with Crippen LogP contribution in [0.1, 0.15) is 31.7 Å². The number of methoxy groups -OCH3 is 1. The average molecular weight is 373 g/mol. The highest BCUT2D eigenvalue weighted by molar-refractivity contribution is 5.82. The Balaban J connectivity index is 1.39. The number of hydrogen-bond acceptors (Lipinski definition) is 4. The summed E-state index contributed by atoms with van der Waals surface area (Å²) in [5, 5.41) is 2.90. The standard InChI is InChI=1S/C21H31N3O3/c1-16-14-19(16)21(26)22-9-8-20(25)24-11-3-10-23(12-13-24)15-17-4-6-18(27-2)7-5-17/h4-7,16,19H,3,8-15H2,1-2H3,(H,22,26). The molecule has 0 bridgehead atoms. The highest BCUT2D eigenvalue weighted by atomic mass is 16.5. The molecule has 27 heavy (non-hydrogen) atoms. The van der Waals surface area contributed by atoms with E-state index in [0.29, 0.717) is 18.9 Å². The van der Waals surface area contributed by atoms with Crippen molar-refractivity contribution >= 4 is 11.8 Å². The van der Waals surface area contributed by atoms with Crippen LogP contribution in [0.25, 0.3) is 0 Å². The quantitative estimate of drug-likeness (QED) is 0.793. The predicted molar refractivity (Wildman–Crippen MR) is 104 cm³/mol. The van der Waals surface area contributed by atoms with E-state index in [-0.39, 0.29) is 17.7 Å². The molecular weight excluding hydrogens is 342 g/mol. The number of rotatable bonds is 7. The Morgan fingerprint density at radius 1 is 1.15 bits per heavy atom. The van der Waals surface area contributed by atoms with Crippen LogP contribution in [0.3, 0.4) is 0 Å². The Morgan fingerprint density at radius 3 is 2.56 bits per heavy atom. The maximum Gasteiger partial charge on any atom is 0.224 e. The molecule has 1 saturated heterocycles. The molecule has 2 fully saturated rings. The van der Waals surface area contributed by atoms with Crippen LogP contribution in [0.5, 0.6) is 5.75 Å². The minimum atomic E-state index is 0.108. The zero-order valence-corrected chi connectivity index (χ0v) is 16.4. The molecule has 3 rings (SSSR count). The van der Waals surface area contributed by atoms with Gasteiger partial charge in [-0.3, -0.25) is 14.5 Å². The van der Waals surface area contributed by atoms with Gasteiger partial charge in [0.25, 0.3) is 0 Å². The van der Waals surface area contributed by atoms with Gasteiger partial charge >= 0.3 is 0 Å². The van der Waals surface area contributed by atoms with E-state index in [9.17, 15) is 9.59 Å². The number of ether oxygens (including phenoxy) is 1. The van der Waals surface area contributed by atoms with Crippen LogP contribution in [-0.4, -0.2) is 61.4 Å². The summed E-state index contributed by atoms with van der Waals surface area (Å²) in [6.45, 7) is 6.85. The largest absolute Gasteiger partial charge is 0.497 e. The molecule has 1 aromatic rings. The molecule has 0 spiro atoms. The summed E-state index contributed by atoms with van der Waals surface area (Å²) in [5.74, 6) is 1.80. The Hall–Kier alpha value is -2.08. The molecule has 1 aromatic carbocycles. The summed E-state index contributed by atoms with van der Waals surface area (Å²) in [7, 11) is 1.67. The topological polar surface area (TPSA) is 61.9 Å². The maximum absolute atomic E-state index is 12.5. The van der Waals surface area contributed by atoms with Gasteiger partial charge in [0.1, 0.15) is 5.75 Å². The molecule has 1 aliphatic heterocycles. The number of nitrogens with one attached hydrogen (secondary N) is 1. The van der Waals surface area contributed by atoms with Gasteiger partial charge in [0.15, 0.2) is 0 Å². The molecule has 2 aliphatic rings.